The zero-order chi connectivity index (χ0) is 30.8. The van der Waals surface area contributed by atoms with E-state index in [4.69, 9.17) is 12.2 Å². The van der Waals surface area contributed by atoms with Crippen LogP contribution in [0.5, 0.6) is 0 Å². The van der Waals surface area contributed by atoms with Crippen LogP contribution in [0.15, 0.2) is 60.7 Å². The summed E-state index contributed by atoms with van der Waals surface area (Å²) in [6.07, 6.45) is 7.94. The Morgan fingerprint density at radius 3 is 2.05 bits per heavy atom. The van der Waals surface area contributed by atoms with E-state index in [-0.39, 0.29) is 48.1 Å². The van der Waals surface area contributed by atoms with Gasteiger partial charge in [-0.1, -0.05) is 99.1 Å². The Bertz CT molecular complexity index is 1180. The lowest BCUT2D eigenvalue weighted by atomic mass is 9.82. The zero-order valence-electron chi connectivity index (χ0n) is 25.9. The van der Waals surface area contributed by atoms with Crippen LogP contribution >= 0.6 is 12.2 Å². The average Bonchev–Trinajstić information content (AvgIpc) is 3.51. The van der Waals surface area contributed by atoms with Crippen molar-refractivity contribution in [3.05, 3.63) is 71.8 Å². The van der Waals surface area contributed by atoms with Crippen LogP contribution in [-0.2, 0) is 14.4 Å². The molecule has 1 saturated heterocycles. The minimum Gasteiger partial charge on any atom is -0.361 e. The molecule has 2 amide bonds. The monoisotopic (exact) mass is 604 g/mol. The zero-order valence-corrected chi connectivity index (χ0v) is 26.7. The van der Waals surface area contributed by atoms with Crippen LogP contribution in [0.3, 0.4) is 0 Å². The van der Waals surface area contributed by atoms with Crippen LogP contribution in [0.4, 0.5) is 0 Å². The van der Waals surface area contributed by atoms with Crippen LogP contribution in [0.25, 0.3) is 0 Å². The highest BCUT2D eigenvalue weighted by Crippen LogP contribution is 2.32. The number of hydrogen-bond acceptors (Lipinski definition) is 5. The van der Waals surface area contributed by atoms with Gasteiger partial charge in [0, 0.05) is 31.3 Å². The van der Waals surface area contributed by atoms with E-state index in [0.717, 1.165) is 61.2 Å². The molecule has 8 heteroatoms. The lowest BCUT2D eigenvalue weighted by molar-refractivity contribution is -0.128. The molecule has 7 nitrogen and oxygen atoms in total. The first kappa shape index (κ1) is 32.8. The molecule has 0 unspecified atom stereocenters. The maximum absolute atomic E-state index is 13.7. The number of nitrogens with one attached hydrogen (secondary N) is 3. The number of amides is 2. The molecule has 1 heterocycles. The van der Waals surface area contributed by atoms with Crippen molar-refractivity contribution in [2.24, 2.45) is 5.92 Å². The average molecular weight is 605 g/mol. The van der Waals surface area contributed by atoms with Crippen molar-refractivity contribution >= 4 is 34.8 Å². The van der Waals surface area contributed by atoms with Gasteiger partial charge < -0.3 is 20.9 Å². The highest BCUT2D eigenvalue weighted by Gasteiger charge is 2.38. The van der Waals surface area contributed by atoms with Gasteiger partial charge in [0.1, 0.15) is 4.99 Å². The Kier molecular flexibility index (Phi) is 12.3. The second-order valence-corrected chi connectivity index (χ2v) is 12.5. The molecule has 3 N–H and O–H groups in total. The van der Waals surface area contributed by atoms with Crippen molar-refractivity contribution in [1.82, 2.24) is 20.9 Å². The summed E-state index contributed by atoms with van der Waals surface area (Å²) in [7, 11) is 1.78. The van der Waals surface area contributed by atoms with Crippen LogP contribution in [0.1, 0.15) is 88.7 Å². The predicted molar refractivity (Wildman–Crippen MR) is 176 cm³/mol. The van der Waals surface area contributed by atoms with E-state index in [1.165, 1.54) is 6.42 Å². The quantitative estimate of drug-likeness (QED) is 0.275. The highest BCUT2D eigenvalue weighted by molar-refractivity contribution is 7.80. The summed E-state index contributed by atoms with van der Waals surface area (Å²) in [6, 6.07) is 18.6. The van der Waals surface area contributed by atoms with Gasteiger partial charge in [0.25, 0.3) is 0 Å². The maximum Gasteiger partial charge on any atom is 0.237 e. The summed E-state index contributed by atoms with van der Waals surface area (Å²) in [5, 5.41) is 9.46. The predicted octanol–water partition coefficient (Wildman–Crippen LogP) is 5.14. The third kappa shape index (κ3) is 8.51. The standard InChI is InChI=1S/C35H48N4O3S/c1-4-29(40)33(31(25-15-8-5-9-16-25)26-17-10-6-11-18-26)37-30(41)23-28-21-14-22-39(28)35(43)32(27-19-12-7-13-20-27)38-34(42)24(2)36-3/h5-6,8-11,15-18,24,27-28,31-33,36H,4,7,12-14,19-23H2,1-3H3,(H,37,41)(H,38,42)/t24-,28-,32-,33+/m0/s1. The normalized spacial score (nSPS) is 19.4. The minimum absolute atomic E-state index is 0.00332. The van der Waals surface area contributed by atoms with Gasteiger partial charge in [0.15, 0.2) is 5.78 Å². The van der Waals surface area contributed by atoms with E-state index in [0.29, 0.717) is 12.3 Å². The van der Waals surface area contributed by atoms with E-state index in [9.17, 15) is 14.4 Å². The number of thiocarbonyl (C=S) groups is 1. The SMILES string of the molecule is CCC(=O)[C@@H](NC(=O)C[C@@H]1CCCN1C(=S)[C@@H](NC(=O)[C@H](C)NC)C1CCCCC1)C(c1ccccc1)c1ccccc1. The third-order valence-corrected chi connectivity index (χ3v) is 9.74. The molecule has 4 atom stereocenters. The molecule has 1 saturated carbocycles. The lowest BCUT2D eigenvalue weighted by Gasteiger charge is -2.38. The summed E-state index contributed by atoms with van der Waals surface area (Å²) in [5.41, 5.74) is 1.98. The van der Waals surface area contributed by atoms with Gasteiger partial charge in [0.05, 0.1) is 18.1 Å². The molecule has 0 spiro atoms. The first-order valence-electron chi connectivity index (χ1n) is 16.0. The van der Waals surface area contributed by atoms with Crippen molar-refractivity contribution < 1.29 is 14.4 Å². The molecule has 232 valence electrons. The summed E-state index contributed by atoms with van der Waals surface area (Å²) in [4.78, 5) is 43.0. The number of carbonyl (C=O) groups is 3. The van der Waals surface area contributed by atoms with E-state index in [2.05, 4.69) is 20.9 Å². The van der Waals surface area contributed by atoms with E-state index >= 15 is 0 Å². The molecule has 2 aliphatic rings. The van der Waals surface area contributed by atoms with E-state index in [1.54, 1.807) is 7.05 Å². The largest absolute Gasteiger partial charge is 0.361 e. The smallest absolute Gasteiger partial charge is 0.237 e. The lowest BCUT2D eigenvalue weighted by Crippen LogP contribution is -2.56. The summed E-state index contributed by atoms with van der Waals surface area (Å²) >= 11 is 6.11. The van der Waals surface area contributed by atoms with Crippen molar-refractivity contribution in [3.8, 4) is 0 Å². The second kappa shape index (κ2) is 16.1. The van der Waals surface area contributed by atoms with Gasteiger partial charge in [0.2, 0.25) is 11.8 Å². The fraction of sp³-hybridized carbons (Fsp3) is 0.543. The number of Topliss-reactive ketones (excluding diaryl/α,β-unsaturated/α-hetero) is 1. The number of ketones is 1. The molecule has 0 radical (unpaired) electrons. The van der Waals surface area contributed by atoms with Crippen molar-refractivity contribution in [3.63, 3.8) is 0 Å². The van der Waals surface area contributed by atoms with Crippen LogP contribution in [-0.4, -0.2) is 65.2 Å². The third-order valence-electron chi connectivity index (χ3n) is 9.26. The molecule has 43 heavy (non-hydrogen) atoms. The molecular formula is C35H48N4O3S. The number of likely N-dealkylation sites (tertiary alicyclic amines) is 1. The van der Waals surface area contributed by atoms with Crippen molar-refractivity contribution in [2.45, 2.75) is 102 Å². The number of hydrogen-bond donors (Lipinski definition) is 3. The minimum atomic E-state index is -0.679. The molecule has 1 aliphatic carbocycles. The Morgan fingerprint density at radius 1 is 0.884 bits per heavy atom. The van der Waals surface area contributed by atoms with E-state index < -0.39 is 6.04 Å². The first-order chi connectivity index (χ1) is 20.8. The molecule has 2 aromatic carbocycles. The summed E-state index contributed by atoms with van der Waals surface area (Å²) in [5.74, 6) is -0.190. The van der Waals surface area contributed by atoms with Crippen LogP contribution in [0.2, 0.25) is 0 Å². The van der Waals surface area contributed by atoms with Gasteiger partial charge in [-0.25, -0.2) is 0 Å². The first-order valence-corrected chi connectivity index (χ1v) is 16.4. The van der Waals surface area contributed by atoms with Crippen molar-refractivity contribution in [2.75, 3.05) is 13.6 Å². The number of carbonyl (C=O) groups excluding carboxylic acids is 3. The van der Waals surface area contributed by atoms with Gasteiger partial charge in [-0.3, -0.25) is 14.4 Å². The molecule has 4 rings (SSSR count). The fourth-order valence-electron chi connectivity index (χ4n) is 6.69. The Morgan fingerprint density at radius 2 is 1.49 bits per heavy atom. The van der Waals surface area contributed by atoms with E-state index in [1.807, 2.05) is 74.5 Å². The molecule has 0 aromatic heterocycles. The van der Waals surface area contributed by atoms with Gasteiger partial charge in [-0.05, 0) is 56.7 Å². The number of nitrogens with zero attached hydrogens (tertiary/aromatic N) is 1. The number of rotatable bonds is 13. The second-order valence-electron chi connectivity index (χ2n) is 12.1. The Balaban J connectivity index is 1.52. The molecule has 1 aliphatic heterocycles. The van der Waals surface area contributed by atoms with Crippen LogP contribution in [0, 0.1) is 5.92 Å². The van der Waals surface area contributed by atoms with Crippen molar-refractivity contribution in [1.29, 1.82) is 0 Å². The summed E-state index contributed by atoms with van der Waals surface area (Å²) < 4.78 is 0. The van der Waals surface area contributed by atoms with Gasteiger partial charge in [-0.2, -0.15) is 0 Å². The van der Waals surface area contributed by atoms with Crippen LogP contribution < -0.4 is 16.0 Å². The maximum atomic E-state index is 13.7. The summed E-state index contributed by atoms with van der Waals surface area (Å²) in [6.45, 7) is 4.47. The van der Waals surface area contributed by atoms with Gasteiger partial charge >= 0.3 is 0 Å². The molecular weight excluding hydrogens is 556 g/mol. The Labute approximate surface area is 262 Å². The highest BCUT2D eigenvalue weighted by atomic mass is 32.1. The number of likely N-dealkylation sites (N-methyl/N-ethyl adjacent to an activating group) is 1. The number of benzene rings is 2. The van der Waals surface area contributed by atoms with Gasteiger partial charge in [-0.15, -0.1) is 0 Å². The topological polar surface area (TPSA) is 90.5 Å². The Hall–Kier alpha value is -3.10. The molecule has 2 fully saturated rings. The molecule has 0 bridgehead atoms. The fourth-order valence-corrected chi connectivity index (χ4v) is 7.18. The molecule has 2 aromatic rings.